The average Bonchev–Trinajstić information content (AvgIpc) is 2.16. The molecule has 0 fully saturated rings. The molecule has 0 aliphatic carbocycles. The Labute approximate surface area is 110 Å². The highest BCUT2D eigenvalue weighted by molar-refractivity contribution is 6.27. The van der Waals surface area contributed by atoms with Crippen LogP contribution in [0, 0.1) is 0 Å². The molecule has 1 amide bonds. The van der Waals surface area contributed by atoms with Crippen LogP contribution < -0.4 is 11.1 Å². The van der Waals surface area contributed by atoms with Crippen LogP contribution in [0.1, 0.15) is 27.7 Å². The number of alkyl halides is 1. The minimum atomic E-state index is -1.24. The van der Waals surface area contributed by atoms with Gasteiger partial charge in [-0.2, -0.15) is 0 Å². The van der Waals surface area contributed by atoms with E-state index in [0.717, 1.165) is 0 Å². The van der Waals surface area contributed by atoms with E-state index in [2.05, 4.69) is 5.32 Å². The molecule has 0 aliphatic rings. The molecule has 0 aromatic heterocycles. The van der Waals surface area contributed by atoms with Crippen molar-refractivity contribution in [3.63, 3.8) is 0 Å². The van der Waals surface area contributed by atoms with Crippen molar-refractivity contribution in [2.75, 3.05) is 5.88 Å². The minimum absolute atomic E-state index is 0.225. The van der Waals surface area contributed by atoms with Gasteiger partial charge >= 0.3 is 11.9 Å². The van der Waals surface area contributed by atoms with Gasteiger partial charge in [0.25, 0.3) is 0 Å². The summed E-state index contributed by atoms with van der Waals surface area (Å²) in [5.41, 5.74) is 2.75. The number of carbonyl (C=O) groups is 3. The fourth-order valence-electron chi connectivity index (χ4n) is 0.435. The average molecular weight is 283 g/mol. The molecule has 0 spiro atoms. The van der Waals surface area contributed by atoms with Crippen molar-refractivity contribution in [3.8, 4) is 0 Å². The Morgan fingerprint density at radius 2 is 1.44 bits per heavy atom. The van der Waals surface area contributed by atoms with Crippen molar-refractivity contribution in [2.24, 2.45) is 5.73 Å². The molecular formula is C10H19ClN2O5. The van der Waals surface area contributed by atoms with E-state index in [-0.39, 0.29) is 5.88 Å². The van der Waals surface area contributed by atoms with Gasteiger partial charge in [-0.25, -0.2) is 4.79 Å². The molecule has 0 radical (unpaired) electrons. The number of nitrogens with two attached hydrogens (primary N) is 1. The number of carbonyl (C=O) groups excluding carboxylic acids is 1. The molecule has 0 saturated carbocycles. The molecule has 0 atom stereocenters. The highest BCUT2D eigenvalue weighted by Crippen LogP contribution is 2.01. The van der Waals surface area contributed by atoms with E-state index in [9.17, 15) is 14.4 Å². The lowest BCUT2D eigenvalue weighted by molar-refractivity contribution is -0.145. The van der Waals surface area contributed by atoms with Crippen LogP contribution in [0.4, 0.5) is 0 Å². The Morgan fingerprint density at radius 1 is 1.11 bits per heavy atom. The van der Waals surface area contributed by atoms with Crippen LogP contribution in [0.25, 0.3) is 0 Å². The molecule has 8 heteroatoms. The normalized spacial score (nSPS) is 11.0. The highest BCUT2D eigenvalue weighted by Gasteiger charge is 2.28. The first-order valence-electron chi connectivity index (χ1n) is 4.97. The molecule has 106 valence electrons. The minimum Gasteiger partial charge on any atom is -0.480 e. The van der Waals surface area contributed by atoms with Crippen LogP contribution in [-0.4, -0.2) is 45.0 Å². The zero-order valence-electron chi connectivity index (χ0n) is 10.8. The van der Waals surface area contributed by atoms with Crippen molar-refractivity contribution in [2.45, 2.75) is 38.8 Å². The van der Waals surface area contributed by atoms with Crippen LogP contribution in [0.15, 0.2) is 0 Å². The molecule has 18 heavy (non-hydrogen) atoms. The number of carboxylic acid groups (broad SMARTS) is 2. The summed E-state index contributed by atoms with van der Waals surface area (Å²) in [6.07, 6.45) is 0. The fraction of sp³-hybridized carbons (Fsp3) is 0.700. The third-order valence-corrected chi connectivity index (χ3v) is 1.90. The SMILES string of the molecule is CC(C)(N)C(=O)O.CC(C)(NC(=O)CCl)C(=O)O. The number of amides is 1. The first-order chi connectivity index (χ1) is 7.84. The Bertz CT molecular complexity index is 323. The van der Waals surface area contributed by atoms with Gasteiger partial charge in [-0.1, -0.05) is 0 Å². The first kappa shape index (κ1) is 19.0. The summed E-state index contributed by atoms with van der Waals surface area (Å²) in [5, 5.41) is 18.9. The van der Waals surface area contributed by atoms with Crippen LogP contribution in [0.2, 0.25) is 0 Å². The fourth-order valence-corrected chi connectivity index (χ4v) is 0.502. The predicted molar refractivity (Wildman–Crippen MR) is 66.5 cm³/mol. The molecule has 7 nitrogen and oxygen atoms in total. The molecule has 5 N–H and O–H groups in total. The molecule has 0 bridgehead atoms. The summed E-state index contributed by atoms with van der Waals surface area (Å²) in [5.74, 6) is -2.78. The maximum atomic E-state index is 10.6. The van der Waals surface area contributed by atoms with Gasteiger partial charge in [0.1, 0.15) is 17.0 Å². The topological polar surface area (TPSA) is 130 Å². The van der Waals surface area contributed by atoms with Crippen molar-refractivity contribution >= 4 is 29.4 Å². The summed E-state index contributed by atoms with van der Waals surface area (Å²) in [7, 11) is 0. The van der Waals surface area contributed by atoms with Gasteiger partial charge in [-0.15, -0.1) is 11.6 Å². The first-order valence-corrected chi connectivity index (χ1v) is 5.50. The van der Waals surface area contributed by atoms with E-state index in [0.29, 0.717) is 0 Å². The summed E-state index contributed by atoms with van der Waals surface area (Å²) in [6, 6.07) is 0. The van der Waals surface area contributed by atoms with Gasteiger partial charge < -0.3 is 21.3 Å². The number of hydrogen-bond acceptors (Lipinski definition) is 4. The molecule has 0 rings (SSSR count). The van der Waals surface area contributed by atoms with Crippen LogP contribution in [0.3, 0.4) is 0 Å². The summed E-state index contributed by atoms with van der Waals surface area (Å²) in [6.45, 7) is 5.66. The van der Waals surface area contributed by atoms with E-state index in [1.54, 1.807) is 0 Å². The van der Waals surface area contributed by atoms with E-state index in [4.69, 9.17) is 27.5 Å². The second-order valence-corrected chi connectivity index (χ2v) is 4.91. The van der Waals surface area contributed by atoms with Crippen molar-refractivity contribution in [1.82, 2.24) is 5.32 Å². The van der Waals surface area contributed by atoms with E-state index >= 15 is 0 Å². The number of aliphatic carboxylic acids is 2. The molecule has 0 saturated heterocycles. The van der Waals surface area contributed by atoms with Gasteiger partial charge in [0.2, 0.25) is 5.91 Å². The van der Waals surface area contributed by atoms with Gasteiger partial charge in [0.05, 0.1) is 0 Å². The van der Waals surface area contributed by atoms with E-state index < -0.39 is 28.9 Å². The van der Waals surface area contributed by atoms with E-state index in [1.807, 2.05) is 0 Å². The molecule has 0 aliphatic heterocycles. The zero-order valence-corrected chi connectivity index (χ0v) is 11.5. The third-order valence-electron chi connectivity index (χ3n) is 1.66. The van der Waals surface area contributed by atoms with Gasteiger partial charge in [0.15, 0.2) is 0 Å². The van der Waals surface area contributed by atoms with Crippen LogP contribution >= 0.6 is 11.6 Å². The van der Waals surface area contributed by atoms with E-state index in [1.165, 1.54) is 27.7 Å². The lowest BCUT2D eigenvalue weighted by Crippen LogP contribution is -2.50. The quantitative estimate of drug-likeness (QED) is 0.538. The van der Waals surface area contributed by atoms with Gasteiger partial charge in [-0.05, 0) is 27.7 Å². The number of hydrogen-bond donors (Lipinski definition) is 4. The van der Waals surface area contributed by atoms with Crippen molar-refractivity contribution in [3.05, 3.63) is 0 Å². The van der Waals surface area contributed by atoms with Crippen molar-refractivity contribution in [1.29, 1.82) is 0 Å². The van der Waals surface area contributed by atoms with Crippen molar-refractivity contribution < 1.29 is 24.6 Å². The number of halogens is 1. The molecule has 0 heterocycles. The Kier molecular flexibility index (Phi) is 7.58. The summed E-state index contributed by atoms with van der Waals surface area (Å²) >= 11 is 5.16. The standard InChI is InChI=1S/C6H10ClNO3.C4H9NO2/c1-6(2,5(10)11)8-4(9)3-7;1-4(2,5)3(6)7/h3H2,1-2H3,(H,8,9)(H,10,11);5H2,1-2H3,(H,6,7). The predicted octanol–water partition coefficient (Wildman–Crippen LogP) is 0.0129. The van der Waals surface area contributed by atoms with Crippen LogP contribution in [-0.2, 0) is 14.4 Å². The molecule has 0 unspecified atom stereocenters. The molecule has 0 aromatic rings. The number of rotatable bonds is 4. The Hall–Kier alpha value is -1.34. The third kappa shape index (κ3) is 8.77. The summed E-state index contributed by atoms with van der Waals surface area (Å²) in [4.78, 5) is 30.9. The Morgan fingerprint density at radius 3 is 1.61 bits per heavy atom. The second-order valence-electron chi connectivity index (χ2n) is 4.64. The lowest BCUT2D eigenvalue weighted by Gasteiger charge is -2.19. The number of nitrogens with one attached hydrogen (secondary N) is 1. The summed E-state index contributed by atoms with van der Waals surface area (Å²) < 4.78 is 0. The largest absolute Gasteiger partial charge is 0.480 e. The second kappa shape index (κ2) is 7.17. The van der Waals surface area contributed by atoms with Gasteiger partial charge in [-0.3, -0.25) is 9.59 Å². The van der Waals surface area contributed by atoms with Crippen LogP contribution in [0.5, 0.6) is 0 Å². The maximum Gasteiger partial charge on any atom is 0.328 e. The molecular weight excluding hydrogens is 264 g/mol. The monoisotopic (exact) mass is 282 g/mol. The lowest BCUT2D eigenvalue weighted by atomic mass is 10.1. The smallest absolute Gasteiger partial charge is 0.328 e. The Balaban J connectivity index is 0. The van der Waals surface area contributed by atoms with Gasteiger partial charge in [0, 0.05) is 0 Å². The zero-order chi connectivity index (χ0) is 15.1. The molecule has 0 aromatic carbocycles. The highest BCUT2D eigenvalue weighted by atomic mass is 35.5. The number of carboxylic acids is 2. The maximum absolute atomic E-state index is 10.6.